The van der Waals surface area contributed by atoms with E-state index in [1.165, 1.54) is 28.5 Å². The van der Waals surface area contributed by atoms with Gasteiger partial charge < -0.3 is 0 Å². The molecule has 4 rings (SSSR count). The summed E-state index contributed by atoms with van der Waals surface area (Å²) < 4.78 is 5.81. The zero-order valence-corrected chi connectivity index (χ0v) is 13.5. The molecule has 1 aromatic carbocycles. The molecule has 4 atom stereocenters. The number of hydrogen-bond donors (Lipinski definition) is 2. The normalized spacial score (nSPS) is 28.4. The van der Waals surface area contributed by atoms with Gasteiger partial charge in [0.15, 0.2) is 0 Å². The number of amides is 1. The number of fused-ring (bicyclic) bond motifs is 1. The summed E-state index contributed by atoms with van der Waals surface area (Å²) in [5.41, 5.74) is 3.93. The third kappa shape index (κ3) is 2.12. The number of H-pyrrole nitrogens is 1. The van der Waals surface area contributed by atoms with Gasteiger partial charge in [0.1, 0.15) is 0 Å². The van der Waals surface area contributed by atoms with Crippen molar-refractivity contribution < 1.29 is 9.53 Å². The number of hydrogen-bond acceptors (Lipinski definition) is 2. The van der Waals surface area contributed by atoms with Crippen LogP contribution in [0, 0.1) is 0 Å². The monoisotopic (exact) mass is 332 g/mol. The van der Waals surface area contributed by atoms with E-state index in [9.17, 15) is 4.79 Å². The Bertz CT molecular complexity index is 682. The minimum absolute atomic E-state index is 0.102. The van der Waals surface area contributed by atoms with E-state index in [0.717, 1.165) is 17.0 Å². The number of cyclic esters (lactones) is 1. The first-order chi connectivity index (χ1) is 9.70. The molecule has 3 unspecified atom stereocenters. The quantitative estimate of drug-likeness (QED) is 0.841. The molecule has 1 aliphatic heterocycles. The molecular formula is C15H17AsN2O2. The van der Waals surface area contributed by atoms with Crippen molar-refractivity contribution in [2.45, 2.75) is 29.5 Å². The van der Waals surface area contributed by atoms with E-state index in [4.69, 9.17) is 4.74 Å². The van der Waals surface area contributed by atoms with Crippen molar-refractivity contribution in [2.24, 2.45) is 0 Å². The van der Waals surface area contributed by atoms with Crippen LogP contribution in [0.15, 0.2) is 24.4 Å². The van der Waals surface area contributed by atoms with E-state index >= 15 is 0 Å². The van der Waals surface area contributed by atoms with Gasteiger partial charge in [-0.25, -0.2) is 0 Å². The fourth-order valence-electron chi connectivity index (χ4n) is 3.02. The van der Waals surface area contributed by atoms with Gasteiger partial charge in [0.05, 0.1) is 0 Å². The molecule has 1 saturated carbocycles. The Kier molecular flexibility index (Phi) is 2.81. The topological polar surface area (TPSA) is 54.1 Å². The van der Waals surface area contributed by atoms with Crippen LogP contribution in [-0.4, -0.2) is 40.6 Å². The number of aromatic nitrogens is 1. The summed E-state index contributed by atoms with van der Waals surface area (Å²) in [6, 6.07) is 6.65. The Morgan fingerprint density at radius 3 is 2.95 bits per heavy atom. The fraction of sp³-hybridized carbons (Fsp3) is 0.400. The van der Waals surface area contributed by atoms with Gasteiger partial charge in [0.2, 0.25) is 0 Å². The minimum atomic E-state index is -0.299. The van der Waals surface area contributed by atoms with Crippen LogP contribution < -0.4 is 5.32 Å². The van der Waals surface area contributed by atoms with Crippen LogP contribution in [0.25, 0.3) is 10.9 Å². The zero-order chi connectivity index (χ0) is 13.7. The van der Waals surface area contributed by atoms with Crippen LogP contribution in [0.3, 0.4) is 0 Å². The van der Waals surface area contributed by atoms with Gasteiger partial charge in [-0.15, -0.1) is 0 Å². The van der Waals surface area contributed by atoms with Crippen molar-refractivity contribution in [3.8, 4) is 0 Å². The van der Waals surface area contributed by atoms with Crippen LogP contribution in [-0.2, 0) is 11.2 Å². The van der Waals surface area contributed by atoms with Crippen LogP contribution in [0.1, 0.15) is 23.5 Å². The van der Waals surface area contributed by atoms with Gasteiger partial charge in [-0.1, -0.05) is 0 Å². The SMILES string of the molecule is O=C1NC(Cc2ccc3[nH]cc(C4C[C@@H]4[AsH2])c3c2)CO1. The first kappa shape index (κ1) is 12.3. The maximum atomic E-state index is 11.1. The molecule has 1 amide bonds. The predicted molar refractivity (Wildman–Crippen MR) is 79.9 cm³/mol. The standard InChI is InChI=1S/C15H17AsN2O2/c16-13-5-10(13)12-6-17-14-2-1-8(4-11(12)14)3-9-7-20-15(19)18-9/h1-2,4,6,9-10,13,17H,3,5,7,16H2,(H,18,19)/t9?,10?,13-/m0/s1. The summed E-state index contributed by atoms with van der Waals surface area (Å²) in [5.74, 6) is 0.744. The molecule has 4 nitrogen and oxygen atoms in total. The van der Waals surface area contributed by atoms with Gasteiger partial charge in [0, 0.05) is 0 Å². The van der Waals surface area contributed by atoms with Crippen molar-refractivity contribution in [1.82, 2.24) is 10.3 Å². The number of nitrogens with one attached hydrogen (secondary N) is 2. The molecule has 0 spiro atoms. The van der Waals surface area contributed by atoms with Crippen molar-refractivity contribution in [3.63, 3.8) is 0 Å². The summed E-state index contributed by atoms with van der Waals surface area (Å²) in [6.45, 7) is 0.471. The molecule has 104 valence electrons. The maximum absolute atomic E-state index is 11.1. The summed E-state index contributed by atoms with van der Waals surface area (Å²) in [7, 11) is 0. The van der Waals surface area contributed by atoms with Gasteiger partial charge in [-0.05, 0) is 0 Å². The van der Waals surface area contributed by atoms with E-state index in [0.29, 0.717) is 6.61 Å². The Labute approximate surface area is 125 Å². The molecule has 1 aromatic heterocycles. The Morgan fingerprint density at radius 2 is 2.25 bits per heavy atom. The second kappa shape index (κ2) is 4.56. The van der Waals surface area contributed by atoms with E-state index < -0.39 is 0 Å². The number of benzene rings is 1. The van der Waals surface area contributed by atoms with Crippen molar-refractivity contribution in [3.05, 3.63) is 35.5 Å². The van der Waals surface area contributed by atoms with E-state index in [1.54, 1.807) is 0 Å². The molecule has 2 fully saturated rings. The number of carbonyl (C=O) groups is 1. The first-order valence-corrected chi connectivity index (χ1v) is 8.39. The van der Waals surface area contributed by atoms with Crippen LogP contribution in [0.2, 0.25) is 4.71 Å². The number of aromatic amines is 1. The number of ether oxygens (including phenoxy) is 1. The molecule has 5 heteroatoms. The van der Waals surface area contributed by atoms with E-state index in [1.807, 2.05) is 16.9 Å². The Hall–Kier alpha value is -1.41. The molecule has 0 radical (unpaired) electrons. The van der Waals surface area contributed by atoms with Crippen LogP contribution in [0.5, 0.6) is 0 Å². The molecule has 2 N–H and O–H groups in total. The fourth-order valence-corrected chi connectivity index (χ4v) is 4.07. The van der Waals surface area contributed by atoms with Crippen LogP contribution in [0.4, 0.5) is 4.79 Å². The molecule has 20 heavy (non-hydrogen) atoms. The summed E-state index contributed by atoms with van der Waals surface area (Å²) >= 11 is 1.85. The first-order valence-electron chi connectivity index (χ1n) is 6.99. The predicted octanol–water partition coefficient (Wildman–Crippen LogP) is 1.73. The average Bonchev–Trinajstić information content (AvgIpc) is 2.85. The Balaban J connectivity index is 1.62. The summed E-state index contributed by atoms with van der Waals surface area (Å²) in [4.78, 5) is 14.4. The summed E-state index contributed by atoms with van der Waals surface area (Å²) in [5, 5.41) is 4.18. The second-order valence-corrected chi connectivity index (χ2v) is 7.57. The third-order valence-corrected chi connectivity index (χ3v) is 5.78. The second-order valence-electron chi connectivity index (χ2n) is 5.77. The van der Waals surface area contributed by atoms with E-state index in [2.05, 4.69) is 34.7 Å². The van der Waals surface area contributed by atoms with Gasteiger partial charge >= 0.3 is 125 Å². The van der Waals surface area contributed by atoms with Crippen molar-refractivity contribution in [2.75, 3.05) is 6.61 Å². The molecule has 0 bridgehead atoms. The summed E-state index contributed by atoms with van der Waals surface area (Å²) in [6.07, 6.45) is 4.02. The number of alkyl carbamates (subject to hydrolysis) is 1. The molecule has 2 aromatic rings. The van der Waals surface area contributed by atoms with Gasteiger partial charge in [0.25, 0.3) is 0 Å². The van der Waals surface area contributed by atoms with Crippen LogP contribution >= 0.6 is 0 Å². The molecule has 2 heterocycles. The number of rotatable bonds is 3. The Morgan fingerprint density at radius 1 is 1.40 bits per heavy atom. The molecular weight excluding hydrogens is 315 g/mol. The van der Waals surface area contributed by atoms with E-state index in [-0.39, 0.29) is 12.1 Å². The average molecular weight is 332 g/mol. The molecule has 2 aliphatic rings. The van der Waals surface area contributed by atoms with Crippen molar-refractivity contribution >= 4 is 33.8 Å². The number of carbonyl (C=O) groups excluding carboxylic acids is 1. The third-order valence-electron chi connectivity index (χ3n) is 4.24. The van der Waals surface area contributed by atoms with Gasteiger partial charge in [-0.3, -0.25) is 0 Å². The van der Waals surface area contributed by atoms with Gasteiger partial charge in [-0.2, -0.15) is 0 Å². The molecule has 1 saturated heterocycles. The van der Waals surface area contributed by atoms with Crippen molar-refractivity contribution in [1.29, 1.82) is 0 Å². The molecule has 1 aliphatic carbocycles. The zero-order valence-electron chi connectivity index (χ0n) is 11.1.